The molecule has 0 unspecified atom stereocenters. The predicted molar refractivity (Wildman–Crippen MR) is 117 cm³/mol. The first-order chi connectivity index (χ1) is 14.8. The SMILES string of the molecule is CCOc1c(Cl)cc(C=C2NC(=O)N(CC(=O)Nc3cccc(C)c3)C2=O)cc1OC. The van der Waals surface area contributed by atoms with E-state index < -0.39 is 24.4 Å². The first kappa shape index (κ1) is 22.2. The summed E-state index contributed by atoms with van der Waals surface area (Å²) in [5, 5.41) is 5.46. The molecular formula is C22H22ClN3O5. The van der Waals surface area contributed by atoms with Crippen molar-refractivity contribution in [1.82, 2.24) is 10.2 Å². The molecular weight excluding hydrogens is 422 g/mol. The van der Waals surface area contributed by atoms with E-state index in [0.717, 1.165) is 10.5 Å². The Morgan fingerprint density at radius 2 is 2.03 bits per heavy atom. The maximum atomic E-state index is 12.7. The molecule has 1 heterocycles. The number of nitrogens with one attached hydrogen (secondary N) is 2. The standard InChI is InChI=1S/C22H22ClN3O5/c1-4-31-20-16(23)9-14(11-18(20)30-3)10-17-21(28)26(22(29)25-17)12-19(27)24-15-7-5-6-13(2)8-15/h5-11H,4,12H2,1-3H3,(H,24,27)(H,25,29). The van der Waals surface area contributed by atoms with Crippen LogP contribution in [0.2, 0.25) is 5.02 Å². The molecule has 162 valence electrons. The highest BCUT2D eigenvalue weighted by Gasteiger charge is 2.35. The van der Waals surface area contributed by atoms with Gasteiger partial charge < -0.3 is 20.1 Å². The molecule has 8 nitrogen and oxygen atoms in total. The third-order valence-corrected chi connectivity index (χ3v) is 4.70. The normalized spacial score (nSPS) is 14.6. The van der Waals surface area contributed by atoms with E-state index in [0.29, 0.717) is 34.4 Å². The van der Waals surface area contributed by atoms with E-state index in [1.165, 1.54) is 13.2 Å². The molecule has 4 amide bonds. The molecule has 31 heavy (non-hydrogen) atoms. The summed E-state index contributed by atoms with van der Waals surface area (Å²) in [6, 6.07) is 9.76. The predicted octanol–water partition coefficient (Wildman–Crippen LogP) is 3.59. The van der Waals surface area contributed by atoms with Crippen LogP contribution < -0.4 is 20.1 Å². The largest absolute Gasteiger partial charge is 0.493 e. The van der Waals surface area contributed by atoms with Crippen LogP contribution in [0.15, 0.2) is 42.1 Å². The smallest absolute Gasteiger partial charge is 0.329 e. The van der Waals surface area contributed by atoms with E-state index in [1.807, 2.05) is 19.9 Å². The summed E-state index contributed by atoms with van der Waals surface area (Å²) in [6.07, 6.45) is 1.46. The Balaban J connectivity index is 1.76. The molecule has 2 N–H and O–H groups in total. The van der Waals surface area contributed by atoms with Crippen LogP contribution in [0, 0.1) is 6.92 Å². The number of urea groups is 1. The molecule has 1 saturated heterocycles. The maximum Gasteiger partial charge on any atom is 0.329 e. The van der Waals surface area contributed by atoms with Crippen molar-refractivity contribution in [1.29, 1.82) is 0 Å². The molecule has 0 bridgehead atoms. The van der Waals surface area contributed by atoms with Crippen molar-refractivity contribution in [2.45, 2.75) is 13.8 Å². The third-order valence-electron chi connectivity index (χ3n) is 4.42. The summed E-state index contributed by atoms with van der Waals surface area (Å²) in [5.74, 6) is -0.313. The number of nitrogens with zero attached hydrogens (tertiary/aromatic N) is 1. The maximum absolute atomic E-state index is 12.7. The van der Waals surface area contributed by atoms with Crippen molar-refractivity contribution in [2.24, 2.45) is 0 Å². The Morgan fingerprint density at radius 1 is 1.26 bits per heavy atom. The molecule has 2 aromatic carbocycles. The molecule has 3 rings (SSSR count). The number of imide groups is 1. The second-order valence-electron chi connectivity index (χ2n) is 6.76. The average molecular weight is 444 g/mol. The zero-order valence-electron chi connectivity index (χ0n) is 17.3. The Kier molecular flexibility index (Phi) is 6.81. The molecule has 2 aromatic rings. The van der Waals surface area contributed by atoms with Crippen LogP contribution in [-0.4, -0.2) is 43.0 Å². The van der Waals surface area contributed by atoms with Crippen molar-refractivity contribution < 1.29 is 23.9 Å². The summed E-state index contributed by atoms with van der Waals surface area (Å²) in [4.78, 5) is 38.1. The van der Waals surface area contributed by atoms with Crippen LogP contribution in [0.3, 0.4) is 0 Å². The number of hydrogen-bond acceptors (Lipinski definition) is 5. The van der Waals surface area contributed by atoms with Gasteiger partial charge in [0.1, 0.15) is 12.2 Å². The number of aryl methyl sites for hydroxylation is 1. The fraction of sp³-hybridized carbons (Fsp3) is 0.227. The minimum Gasteiger partial charge on any atom is -0.493 e. The average Bonchev–Trinajstić information content (AvgIpc) is 2.97. The molecule has 0 aliphatic carbocycles. The number of carbonyl (C=O) groups is 3. The lowest BCUT2D eigenvalue weighted by molar-refractivity contribution is -0.127. The lowest BCUT2D eigenvalue weighted by atomic mass is 10.1. The van der Waals surface area contributed by atoms with Crippen molar-refractivity contribution in [3.05, 3.63) is 58.2 Å². The number of hydrogen-bond donors (Lipinski definition) is 2. The van der Waals surface area contributed by atoms with Gasteiger partial charge in [0.15, 0.2) is 11.5 Å². The van der Waals surface area contributed by atoms with Crippen LogP contribution in [-0.2, 0) is 9.59 Å². The fourth-order valence-corrected chi connectivity index (χ4v) is 3.33. The van der Waals surface area contributed by atoms with E-state index in [4.69, 9.17) is 21.1 Å². The summed E-state index contributed by atoms with van der Waals surface area (Å²) >= 11 is 6.26. The van der Waals surface area contributed by atoms with Gasteiger partial charge in [-0.1, -0.05) is 23.7 Å². The molecule has 9 heteroatoms. The fourth-order valence-electron chi connectivity index (χ4n) is 3.06. The number of anilines is 1. The minimum absolute atomic E-state index is 0.0237. The zero-order valence-corrected chi connectivity index (χ0v) is 18.1. The number of methoxy groups -OCH3 is 1. The van der Waals surface area contributed by atoms with E-state index in [9.17, 15) is 14.4 Å². The van der Waals surface area contributed by atoms with Crippen LogP contribution >= 0.6 is 11.6 Å². The molecule has 0 atom stereocenters. The van der Waals surface area contributed by atoms with Crippen molar-refractivity contribution in [3.8, 4) is 11.5 Å². The van der Waals surface area contributed by atoms with Gasteiger partial charge in [0.25, 0.3) is 5.91 Å². The van der Waals surface area contributed by atoms with Gasteiger partial charge in [0, 0.05) is 5.69 Å². The van der Waals surface area contributed by atoms with Crippen LogP contribution in [0.5, 0.6) is 11.5 Å². The van der Waals surface area contributed by atoms with E-state index in [1.54, 1.807) is 30.3 Å². The first-order valence-electron chi connectivity index (χ1n) is 9.53. The highest BCUT2D eigenvalue weighted by molar-refractivity contribution is 6.32. The number of carbonyl (C=O) groups excluding carboxylic acids is 3. The Bertz CT molecular complexity index is 1070. The van der Waals surface area contributed by atoms with Crippen molar-refractivity contribution >= 4 is 41.2 Å². The molecule has 1 fully saturated rings. The summed E-state index contributed by atoms with van der Waals surface area (Å²) in [7, 11) is 1.47. The highest BCUT2D eigenvalue weighted by Crippen LogP contribution is 2.37. The summed E-state index contributed by atoms with van der Waals surface area (Å²) < 4.78 is 10.8. The van der Waals surface area contributed by atoms with Gasteiger partial charge in [-0.25, -0.2) is 9.69 Å². The van der Waals surface area contributed by atoms with Gasteiger partial charge in [-0.2, -0.15) is 0 Å². The van der Waals surface area contributed by atoms with Crippen molar-refractivity contribution in [3.63, 3.8) is 0 Å². The van der Waals surface area contributed by atoms with Crippen molar-refractivity contribution in [2.75, 3.05) is 25.6 Å². The molecule has 1 aliphatic rings. The summed E-state index contributed by atoms with van der Waals surface area (Å²) in [5.41, 5.74) is 2.11. The minimum atomic E-state index is -0.681. The molecule has 0 saturated carbocycles. The lowest BCUT2D eigenvalue weighted by Gasteiger charge is -2.12. The van der Waals surface area contributed by atoms with E-state index >= 15 is 0 Å². The number of halogens is 1. The Labute approximate surface area is 184 Å². The number of amides is 4. The highest BCUT2D eigenvalue weighted by atomic mass is 35.5. The zero-order chi connectivity index (χ0) is 22.5. The number of rotatable bonds is 7. The van der Waals surface area contributed by atoms with Crippen LogP contribution in [0.1, 0.15) is 18.1 Å². The Hall–Kier alpha value is -3.52. The van der Waals surface area contributed by atoms with E-state index in [-0.39, 0.29) is 5.70 Å². The van der Waals surface area contributed by atoms with Gasteiger partial charge in [-0.15, -0.1) is 0 Å². The quantitative estimate of drug-likeness (QED) is 0.503. The van der Waals surface area contributed by atoms with Gasteiger partial charge in [0.2, 0.25) is 5.91 Å². The molecule has 1 aliphatic heterocycles. The second kappa shape index (κ2) is 9.53. The number of benzene rings is 2. The summed E-state index contributed by atoms with van der Waals surface area (Å²) in [6.45, 7) is 3.71. The van der Waals surface area contributed by atoms with Gasteiger partial charge >= 0.3 is 6.03 Å². The topological polar surface area (TPSA) is 97.0 Å². The lowest BCUT2D eigenvalue weighted by Crippen LogP contribution is -2.38. The third kappa shape index (κ3) is 5.16. The molecule has 0 spiro atoms. The van der Waals surface area contributed by atoms with Gasteiger partial charge in [0.05, 0.1) is 18.7 Å². The second-order valence-corrected chi connectivity index (χ2v) is 7.17. The molecule has 0 aromatic heterocycles. The van der Waals surface area contributed by atoms with Crippen LogP contribution in [0.25, 0.3) is 6.08 Å². The van der Waals surface area contributed by atoms with Gasteiger partial charge in [-0.05, 0) is 55.3 Å². The van der Waals surface area contributed by atoms with E-state index in [2.05, 4.69) is 10.6 Å². The number of ether oxygens (including phenoxy) is 2. The monoisotopic (exact) mass is 443 g/mol. The van der Waals surface area contributed by atoms with Crippen LogP contribution in [0.4, 0.5) is 10.5 Å². The first-order valence-corrected chi connectivity index (χ1v) is 9.91. The van der Waals surface area contributed by atoms with Gasteiger partial charge in [-0.3, -0.25) is 9.59 Å². The molecule has 0 radical (unpaired) electrons. The Morgan fingerprint density at radius 3 is 2.71 bits per heavy atom.